The van der Waals surface area contributed by atoms with Gasteiger partial charge in [-0.3, -0.25) is 4.79 Å². The Balaban J connectivity index is 1.74. The predicted octanol–water partition coefficient (Wildman–Crippen LogP) is 3.56. The van der Waals surface area contributed by atoms with E-state index in [1.165, 1.54) is 18.4 Å². The van der Waals surface area contributed by atoms with Crippen LogP contribution in [0.25, 0.3) is 0 Å². The van der Waals surface area contributed by atoms with Crippen LogP contribution >= 0.6 is 0 Å². The first-order chi connectivity index (χ1) is 14.8. The summed E-state index contributed by atoms with van der Waals surface area (Å²) >= 11 is 0. The van der Waals surface area contributed by atoms with Crippen LogP contribution in [0.4, 0.5) is 5.69 Å². The summed E-state index contributed by atoms with van der Waals surface area (Å²) < 4.78 is 26.2. The molecular weight excluding hydrogens is 410 g/mol. The van der Waals surface area contributed by atoms with Gasteiger partial charge in [-0.05, 0) is 35.7 Å². The Bertz CT molecular complexity index is 1090. The van der Waals surface area contributed by atoms with Crippen LogP contribution in [-0.4, -0.2) is 39.3 Å². The highest BCUT2D eigenvalue weighted by Crippen LogP contribution is 2.23. The molecule has 0 atom stereocenters. The highest BCUT2D eigenvalue weighted by Gasteiger charge is 2.20. The predicted molar refractivity (Wildman–Crippen MR) is 123 cm³/mol. The van der Waals surface area contributed by atoms with Crippen LogP contribution in [0.3, 0.4) is 0 Å². The van der Waals surface area contributed by atoms with Crippen molar-refractivity contribution in [2.75, 3.05) is 26.0 Å². The standard InChI is InChI=1S/C24H27N3O3S/c1-18-14-15-21(16-22(18)31(29,30)27(2)3)25-17-23(28)26-24(19-10-6-4-7-11-19)20-12-8-5-9-13-20/h4-16,24-25H,17H2,1-3H3,(H,26,28). The molecule has 0 fully saturated rings. The summed E-state index contributed by atoms with van der Waals surface area (Å²) in [5.41, 5.74) is 3.18. The summed E-state index contributed by atoms with van der Waals surface area (Å²) in [6.07, 6.45) is 0. The Morgan fingerprint density at radius 2 is 1.45 bits per heavy atom. The largest absolute Gasteiger partial charge is 0.376 e. The first-order valence-corrected chi connectivity index (χ1v) is 11.4. The fourth-order valence-electron chi connectivity index (χ4n) is 3.23. The van der Waals surface area contributed by atoms with Gasteiger partial charge in [-0.1, -0.05) is 66.7 Å². The van der Waals surface area contributed by atoms with Crippen LogP contribution in [0.5, 0.6) is 0 Å². The second kappa shape index (κ2) is 9.76. The first kappa shape index (κ1) is 22.5. The van der Waals surface area contributed by atoms with Crippen molar-refractivity contribution < 1.29 is 13.2 Å². The number of sulfonamides is 1. The van der Waals surface area contributed by atoms with Crippen LogP contribution in [0, 0.1) is 6.92 Å². The molecule has 0 aromatic heterocycles. The number of amides is 1. The molecule has 3 aromatic carbocycles. The van der Waals surface area contributed by atoms with E-state index in [-0.39, 0.29) is 23.4 Å². The van der Waals surface area contributed by atoms with Crippen molar-refractivity contribution in [1.82, 2.24) is 9.62 Å². The maximum atomic E-state index is 12.7. The Morgan fingerprint density at radius 3 is 1.97 bits per heavy atom. The topological polar surface area (TPSA) is 78.5 Å². The molecule has 0 saturated carbocycles. The van der Waals surface area contributed by atoms with Gasteiger partial charge in [0.2, 0.25) is 15.9 Å². The van der Waals surface area contributed by atoms with E-state index in [4.69, 9.17) is 0 Å². The van der Waals surface area contributed by atoms with Gasteiger partial charge < -0.3 is 10.6 Å². The summed E-state index contributed by atoms with van der Waals surface area (Å²) in [6, 6.07) is 24.3. The molecule has 1 amide bonds. The molecule has 2 N–H and O–H groups in total. The molecule has 0 aliphatic carbocycles. The van der Waals surface area contributed by atoms with E-state index < -0.39 is 10.0 Å². The van der Waals surface area contributed by atoms with Gasteiger partial charge in [0.15, 0.2) is 0 Å². The summed E-state index contributed by atoms with van der Waals surface area (Å²) in [6.45, 7) is 1.76. The van der Waals surface area contributed by atoms with Gasteiger partial charge in [0.1, 0.15) is 0 Å². The molecule has 0 radical (unpaired) electrons. The Labute approximate surface area is 184 Å². The smallest absolute Gasteiger partial charge is 0.242 e. The van der Waals surface area contributed by atoms with Gasteiger partial charge in [-0.2, -0.15) is 0 Å². The normalized spacial score (nSPS) is 11.5. The first-order valence-electron chi connectivity index (χ1n) is 9.95. The van der Waals surface area contributed by atoms with Crippen LogP contribution in [-0.2, 0) is 14.8 Å². The van der Waals surface area contributed by atoms with Gasteiger partial charge in [0, 0.05) is 19.8 Å². The SMILES string of the molecule is Cc1ccc(NCC(=O)NC(c2ccccc2)c2ccccc2)cc1S(=O)(=O)N(C)C. The zero-order valence-electron chi connectivity index (χ0n) is 17.9. The molecule has 0 aliphatic rings. The summed E-state index contributed by atoms with van der Waals surface area (Å²) in [4.78, 5) is 12.9. The molecule has 31 heavy (non-hydrogen) atoms. The lowest BCUT2D eigenvalue weighted by Gasteiger charge is -2.20. The minimum atomic E-state index is -3.57. The van der Waals surface area contributed by atoms with Crippen molar-refractivity contribution in [1.29, 1.82) is 0 Å². The minimum Gasteiger partial charge on any atom is -0.376 e. The molecule has 0 heterocycles. The van der Waals surface area contributed by atoms with E-state index in [9.17, 15) is 13.2 Å². The van der Waals surface area contributed by atoms with Crippen molar-refractivity contribution in [3.8, 4) is 0 Å². The Kier molecular flexibility index (Phi) is 7.09. The summed E-state index contributed by atoms with van der Waals surface area (Å²) in [7, 11) is -0.576. The van der Waals surface area contributed by atoms with Crippen molar-refractivity contribution in [2.24, 2.45) is 0 Å². The van der Waals surface area contributed by atoms with Crippen molar-refractivity contribution in [3.63, 3.8) is 0 Å². The van der Waals surface area contributed by atoms with Crippen LogP contribution in [0.1, 0.15) is 22.7 Å². The zero-order chi connectivity index (χ0) is 22.4. The number of carbonyl (C=O) groups excluding carboxylic acids is 1. The van der Waals surface area contributed by atoms with Crippen molar-refractivity contribution >= 4 is 21.6 Å². The van der Waals surface area contributed by atoms with E-state index in [1.54, 1.807) is 25.1 Å². The highest BCUT2D eigenvalue weighted by molar-refractivity contribution is 7.89. The van der Waals surface area contributed by atoms with Crippen LogP contribution in [0.15, 0.2) is 83.8 Å². The van der Waals surface area contributed by atoms with Gasteiger partial charge in [0.25, 0.3) is 0 Å². The van der Waals surface area contributed by atoms with Gasteiger partial charge in [0.05, 0.1) is 17.5 Å². The van der Waals surface area contributed by atoms with Gasteiger partial charge in [-0.25, -0.2) is 12.7 Å². The molecule has 0 saturated heterocycles. The number of hydrogen-bond acceptors (Lipinski definition) is 4. The number of anilines is 1. The van der Waals surface area contributed by atoms with Gasteiger partial charge >= 0.3 is 0 Å². The maximum Gasteiger partial charge on any atom is 0.242 e. The molecular formula is C24H27N3O3S. The molecule has 0 spiro atoms. The lowest BCUT2D eigenvalue weighted by molar-refractivity contribution is -0.119. The number of nitrogens with zero attached hydrogens (tertiary/aromatic N) is 1. The third kappa shape index (κ3) is 5.51. The summed E-state index contributed by atoms with van der Waals surface area (Å²) in [5, 5.41) is 6.10. The van der Waals surface area contributed by atoms with E-state index >= 15 is 0 Å². The molecule has 162 valence electrons. The quantitative estimate of drug-likeness (QED) is 0.565. The average molecular weight is 438 g/mol. The number of carbonyl (C=O) groups is 1. The summed E-state index contributed by atoms with van der Waals surface area (Å²) in [5.74, 6) is -0.199. The average Bonchev–Trinajstić information content (AvgIpc) is 2.78. The molecule has 3 aromatic rings. The molecule has 6 nitrogen and oxygen atoms in total. The number of hydrogen-bond donors (Lipinski definition) is 2. The second-order valence-corrected chi connectivity index (χ2v) is 9.56. The maximum absolute atomic E-state index is 12.7. The van der Waals surface area contributed by atoms with Gasteiger partial charge in [-0.15, -0.1) is 0 Å². The third-order valence-corrected chi connectivity index (χ3v) is 6.93. The molecule has 7 heteroatoms. The van der Waals surface area contributed by atoms with Crippen molar-refractivity contribution in [2.45, 2.75) is 17.9 Å². The number of aryl methyl sites for hydroxylation is 1. The Hall–Kier alpha value is -3.16. The zero-order valence-corrected chi connectivity index (χ0v) is 18.7. The fourth-order valence-corrected chi connectivity index (χ4v) is 4.37. The molecule has 0 aliphatic heterocycles. The molecule has 0 bridgehead atoms. The number of benzene rings is 3. The Morgan fingerprint density at radius 1 is 0.903 bits per heavy atom. The molecule has 0 unspecified atom stereocenters. The van der Waals surface area contributed by atoms with Crippen LogP contribution in [0.2, 0.25) is 0 Å². The fraction of sp³-hybridized carbons (Fsp3) is 0.208. The lowest BCUT2D eigenvalue weighted by atomic mass is 9.99. The van der Waals surface area contributed by atoms with E-state index in [0.717, 1.165) is 11.1 Å². The number of rotatable bonds is 8. The van der Waals surface area contributed by atoms with E-state index in [2.05, 4.69) is 10.6 Å². The lowest BCUT2D eigenvalue weighted by Crippen LogP contribution is -2.34. The van der Waals surface area contributed by atoms with E-state index in [1.807, 2.05) is 60.7 Å². The second-order valence-electron chi connectivity index (χ2n) is 7.44. The number of nitrogens with one attached hydrogen (secondary N) is 2. The third-order valence-electron chi connectivity index (χ3n) is 4.97. The molecule has 3 rings (SSSR count). The van der Waals surface area contributed by atoms with Crippen LogP contribution < -0.4 is 10.6 Å². The minimum absolute atomic E-state index is 0.0146. The highest BCUT2D eigenvalue weighted by atomic mass is 32.2. The van der Waals surface area contributed by atoms with E-state index in [0.29, 0.717) is 11.3 Å². The monoisotopic (exact) mass is 437 g/mol. The van der Waals surface area contributed by atoms with Crippen molar-refractivity contribution in [3.05, 3.63) is 95.6 Å².